The number of carbonyl (C=O) groups excluding carboxylic acids is 2. The van der Waals surface area contributed by atoms with Gasteiger partial charge in [0, 0.05) is 6.42 Å². The van der Waals surface area contributed by atoms with Gasteiger partial charge in [-0.1, -0.05) is 124 Å². The van der Waals surface area contributed by atoms with E-state index in [0.29, 0.717) is 25.4 Å². The first kappa shape index (κ1) is 30.9. The molecule has 0 rings (SSSR count). The summed E-state index contributed by atoms with van der Waals surface area (Å²) in [5.74, 6) is 0.0554. The predicted octanol–water partition coefficient (Wildman–Crippen LogP) is 8.12. The number of carbonyl (C=O) groups is 2. The number of ether oxygens (including phenoxy) is 1. The zero-order valence-corrected chi connectivity index (χ0v) is 22.0. The molecule has 0 unspecified atom stereocenters. The van der Waals surface area contributed by atoms with E-state index in [0.717, 1.165) is 25.7 Å². The third kappa shape index (κ3) is 20.8. The summed E-state index contributed by atoms with van der Waals surface area (Å²) in [5.41, 5.74) is 0. The lowest BCUT2D eigenvalue weighted by molar-refractivity contribution is -0.148. The van der Waals surface area contributed by atoms with Crippen molar-refractivity contribution in [3.63, 3.8) is 0 Å². The molecule has 0 aliphatic heterocycles. The van der Waals surface area contributed by atoms with Crippen molar-refractivity contribution in [3.05, 3.63) is 0 Å². The van der Waals surface area contributed by atoms with E-state index < -0.39 is 6.04 Å². The first-order valence-corrected chi connectivity index (χ1v) is 14.0. The number of nitrogens with one attached hydrogen (secondary N) is 1. The van der Waals surface area contributed by atoms with Gasteiger partial charge in [0.2, 0.25) is 5.91 Å². The summed E-state index contributed by atoms with van der Waals surface area (Å²) >= 11 is 0. The maximum atomic E-state index is 12.4. The van der Waals surface area contributed by atoms with E-state index >= 15 is 0 Å². The molecule has 1 atom stereocenters. The average Bonchev–Trinajstić information content (AvgIpc) is 2.76. The van der Waals surface area contributed by atoms with Crippen LogP contribution in [0.1, 0.15) is 150 Å². The highest BCUT2D eigenvalue weighted by atomic mass is 16.5. The molecule has 0 fully saturated rings. The van der Waals surface area contributed by atoms with Gasteiger partial charge in [-0.2, -0.15) is 0 Å². The molecule has 0 radical (unpaired) electrons. The molecule has 1 amide bonds. The van der Waals surface area contributed by atoms with E-state index in [1.165, 1.54) is 83.5 Å². The minimum atomic E-state index is -0.504. The molecule has 0 aliphatic carbocycles. The summed E-state index contributed by atoms with van der Waals surface area (Å²) in [4.78, 5) is 24.7. The van der Waals surface area contributed by atoms with Crippen molar-refractivity contribution in [1.29, 1.82) is 0 Å². The number of unbranched alkanes of at least 4 members (excludes halogenated alkanes) is 15. The molecule has 4 heteroatoms. The molecule has 190 valence electrons. The van der Waals surface area contributed by atoms with Crippen LogP contribution in [0, 0.1) is 5.92 Å². The van der Waals surface area contributed by atoms with E-state index in [1.807, 2.05) is 0 Å². The van der Waals surface area contributed by atoms with Crippen LogP contribution in [-0.2, 0) is 14.3 Å². The summed E-state index contributed by atoms with van der Waals surface area (Å²) in [6, 6.07) is -0.504. The Balaban J connectivity index is 3.80. The number of hydrogen-bond donors (Lipinski definition) is 1. The normalized spacial score (nSPS) is 12.2. The Labute approximate surface area is 200 Å². The quantitative estimate of drug-likeness (QED) is 0.125. The zero-order valence-electron chi connectivity index (χ0n) is 22.0. The van der Waals surface area contributed by atoms with E-state index in [2.05, 4.69) is 33.0 Å². The second-order valence-electron chi connectivity index (χ2n) is 9.97. The second-order valence-corrected chi connectivity index (χ2v) is 9.97. The minimum Gasteiger partial charge on any atom is -0.464 e. The Bertz CT molecular complexity index is 436. The fourth-order valence-corrected chi connectivity index (χ4v) is 4.06. The molecular weight excluding hydrogens is 398 g/mol. The van der Waals surface area contributed by atoms with Crippen LogP contribution >= 0.6 is 0 Å². The highest BCUT2D eigenvalue weighted by molar-refractivity contribution is 5.84. The van der Waals surface area contributed by atoms with Crippen molar-refractivity contribution in [2.75, 3.05) is 6.61 Å². The van der Waals surface area contributed by atoms with Crippen LogP contribution in [0.5, 0.6) is 0 Å². The van der Waals surface area contributed by atoms with Crippen molar-refractivity contribution in [1.82, 2.24) is 5.32 Å². The molecular formula is C28H55NO3. The summed E-state index contributed by atoms with van der Waals surface area (Å²) in [6.45, 7) is 9.03. The monoisotopic (exact) mass is 453 g/mol. The maximum Gasteiger partial charge on any atom is 0.328 e. The lowest BCUT2D eigenvalue weighted by Crippen LogP contribution is -2.42. The standard InChI is InChI=1S/C28H55NO3/c1-5-7-9-11-12-13-14-15-16-17-18-19-20-22-27(30)29-26(24-25(3)4)28(31)32-23-21-10-8-6-2/h25-26H,5-24H2,1-4H3,(H,29,30)/t26-/m0/s1. The number of esters is 1. The number of hydrogen-bond acceptors (Lipinski definition) is 3. The SMILES string of the molecule is CCCCCCCCCCCCCCCC(=O)N[C@@H](CC(C)C)C(=O)OCCCCCC. The van der Waals surface area contributed by atoms with Gasteiger partial charge in [0.25, 0.3) is 0 Å². The Morgan fingerprint density at radius 1 is 0.656 bits per heavy atom. The van der Waals surface area contributed by atoms with Gasteiger partial charge in [-0.05, 0) is 25.2 Å². The van der Waals surface area contributed by atoms with Gasteiger partial charge in [0.1, 0.15) is 6.04 Å². The Morgan fingerprint density at radius 3 is 1.56 bits per heavy atom. The van der Waals surface area contributed by atoms with Crippen molar-refractivity contribution in [3.8, 4) is 0 Å². The summed E-state index contributed by atoms with van der Waals surface area (Å²) in [5, 5.41) is 2.93. The van der Waals surface area contributed by atoms with Crippen LogP contribution in [0.2, 0.25) is 0 Å². The van der Waals surface area contributed by atoms with Crippen molar-refractivity contribution >= 4 is 11.9 Å². The average molecular weight is 454 g/mol. The molecule has 0 heterocycles. The third-order valence-electron chi connectivity index (χ3n) is 6.08. The Hall–Kier alpha value is -1.06. The first-order chi connectivity index (χ1) is 15.5. The molecule has 0 aromatic rings. The van der Waals surface area contributed by atoms with Crippen molar-refractivity contribution in [2.45, 2.75) is 156 Å². The molecule has 32 heavy (non-hydrogen) atoms. The van der Waals surface area contributed by atoms with E-state index in [-0.39, 0.29) is 11.9 Å². The first-order valence-electron chi connectivity index (χ1n) is 14.0. The van der Waals surface area contributed by atoms with Crippen LogP contribution in [0.25, 0.3) is 0 Å². The van der Waals surface area contributed by atoms with Crippen molar-refractivity contribution < 1.29 is 14.3 Å². The van der Waals surface area contributed by atoms with E-state index in [9.17, 15) is 9.59 Å². The summed E-state index contributed by atoms with van der Waals surface area (Å²) in [7, 11) is 0. The fourth-order valence-electron chi connectivity index (χ4n) is 4.06. The third-order valence-corrected chi connectivity index (χ3v) is 6.08. The highest BCUT2D eigenvalue weighted by Gasteiger charge is 2.23. The van der Waals surface area contributed by atoms with Gasteiger partial charge in [-0.25, -0.2) is 4.79 Å². The molecule has 0 saturated carbocycles. The van der Waals surface area contributed by atoms with Gasteiger partial charge >= 0.3 is 5.97 Å². The van der Waals surface area contributed by atoms with Crippen LogP contribution in [0.4, 0.5) is 0 Å². The van der Waals surface area contributed by atoms with Crippen LogP contribution < -0.4 is 5.32 Å². The largest absolute Gasteiger partial charge is 0.464 e. The molecule has 0 saturated heterocycles. The Morgan fingerprint density at radius 2 is 1.09 bits per heavy atom. The molecule has 0 bridgehead atoms. The molecule has 4 nitrogen and oxygen atoms in total. The number of amides is 1. The smallest absolute Gasteiger partial charge is 0.328 e. The molecule has 0 aromatic carbocycles. The van der Waals surface area contributed by atoms with Crippen LogP contribution in [0.15, 0.2) is 0 Å². The second kappa shape index (κ2) is 23.1. The topological polar surface area (TPSA) is 55.4 Å². The van der Waals surface area contributed by atoms with Gasteiger partial charge < -0.3 is 10.1 Å². The van der Waals surface area contributed by atoms with E-state index in [1.54, 1.807) is 0 Å². The molecule has 0 aliphatic rings. The molecule has 0 aromatic heterocycles. The maximum absolute atomic E-state index is 12.4. The predicted molar refractivity (Wildman–Crippen MR) is 137 cm³/mol. The van der Waals surface area contributed by atoms with Gasteiger partial charge in [-0.15, -0.1) is 0 Å². The minimum absolute atomic E-state index is 0.0124. The lowest BCUT2D eigenvalue weighted by Gasteiger charge is -2.19. The van der Waals surface area contributed by atoms with Crippen molar-refractivity contribution in [2.24, 2.45) is 5.92 Å². The lowest BCUT2D eigenvalue weighted by atomic mass is 10.0. The van der Waals surface area contributed by atoms with Crippen LogP contribution in [-0.4, -0.2) is 24.5 Å². The van der Waals surface area contributed by atoms with Gasteiger partial charge in [0.15, 0.2) is 0 Å². The number of rotatable bonds is 23. The highest BCUT2D eigenvalue weighted by Crippen LogP contribution is 2.13. The molecule has 0 spiro atoms. The summed E-state index contributed by atoms with van der Waals surface area (Å²) in [6.07, 6.45) is 22.3. The summed E-state index contributed by atoms with van der Waals surface area (Å²) < 4.78 is 5.42. The van der Waals surface area contributed by atoms with Gasteiger partial charge in [0.05, 0.1) is 6.61 Å². The van der Waals surface area contributed by atoms with Gasteiger partial charge in [-0.3, -0.25) is 4.79 Å². The fraction of sp³-hybridized carbons (Fsp3) is 0.929. The molecule has 1 N–H and O–H groups in total. The zero-order chi connectivity index (χ0) is 23.9. The Kier molecular flexibility index (Phi) is 22.3. The van der Waals surface area contributed by atoms with Crippen LogP contribution in [0.3, 0.4) is 0 Å². The van der Waals surface area contributed by atoms with E-state index in [4.69, 9.17) is 4.74 Å².